The highest BCUT2D eigenvalue weighted by molar-refractivity contribution is 5.76. The van der Waals surface area contributed by atoms with Gasteiger partial charge in [0.05, 0.1) is 13.2 Å². The van der Waals surface area contributed by atoms with Crippen LogP contribution in [0, 0.1) is 0 Å². The second kappa shape index (κ2) is 7.14. The van der Waals surface area contributed by atoms with Crippen molar-refractivity contribution < 1.29 is 14.1 Å². The molecule has 2 aromatic heterocycles. The van der Waals surface area contributed by atoms with Crippen molar-refractivity contribution in [1.29, 1.82) is 0 Å². The Morgan fingerprint density at radius 1 is 1.46 bits per heavy atom. The fourth-order valence-corrected chi connectivity index (χ4v) is 2.68. The van der Waals surface area contributed by atoms with Gasteiger partial charge in [-0.15, -0.1) is 0 Å². The summed E-state index contributed by atoms with van der Waals surface area (Å²) in [4.78, 5) is 19.8. The fraction of sp³-hybridized carbons (Fsp3) is 0.562. The van der Waals surface area contributed by atoms with Gasteiger partial charge in [-0.2, -0.15) is 0 Å². The van der Waals surface area contributed by atoms with Crippen molar-refractivity contribution in [2.45, 2.75) is 26.1 Å². The molecule has 0 unspecified atom stereocenters. The van der Waals surface area contributed by atoms with Crippen LogP contribution in [-0.2, 0) is 42.7 Å². The van der Waals surface area contributed by atoms with Crippen LogP contribution in [0.3, 0.4) is 0 Å². The summed E-state index contributed by atoms with van der Waals surface area (Å²) >= 11 is 0. The van der Waals surface area contributed by atoms with Crippen molar-refractivity contribution in [3.05, 3.63) is 35.2 Å². The molecule has 0 saturated carbocycles. The maximum atomic E-state index is 11.6. The topological polar surface area (TPSA) is 76.6 Å². The summed E-state index contributed by atoms with van der Waals surface area (Å²) in [6.07, 6.45) is 4.58. The Labute approximate surface area is 141 Å². The molecule has 0 atom stereocenters. The number of fused-ring (bicyclic) bond motifs is 1. The van der Waals surface area contributed by atoms with E-state index in [-0.39, 0.29) is 19.1 Å². The highest BCUT2D eigenvalue weighted by Crippen LogP contribution is 2.24. The number of aryl methyl sites for hydroxylation is 1. The van der Waals surface area contributed by atoms with E-state index in [9.17, 15) is 4.79 Å². The zero-order valence-electron chi connectivity index (χ0n) is 14.4. The molecule has 0 aromatic carbocycles. The third-order valence-corrected chi connectivity index (χ3v) is 4.24. The van der Waals surface area contributed by atoms with Gasteiger partial charge in [-0.05, 0) is 0 Å². The predicted octanol–water partition coefficient (Wildman–Crippen LogP) is 0.571. The van der Waals surface area contributed by atoms with E-state index in [1.165, 1.54) is 4.90 Å². The molecule has 1 aliphatic heterocycles. The van der Waals surface area contributed by atoms with Crippen molar-refractivity contribution in [3.8, 4) is 0 Å². The summed E-state index contributed by atoms with van der Waals surface area (Å²) in [5, 5.41) is 4.12. The lowest BCUT2D eigenvalue weighted by Gasteiger charge is -2.25. The van der Waals surface area contributed by atoms with Gasteiger partial charge in [0.1, 0.15) is 23.9 Å². The van der Waals surface area contributed by atoms with Gasteiger partial charge in [-0.25, -0.2) is 4.98 Å². The molecule has 1 aliphatic rings. The largest absolute Gasteiger partial charge is 0.365 e. The molecule has 3 rings (SSSR count). The van der Waals surface area contributed by atoms with Crippen LogP contribution in [0.1, 0.15) is 22.8 Å². The van der Waals surface area contributed by atoms with Crippen LogP contribution in [0.25, 0.3) is 0 Å². The lowest BCUT2D eigenvalue weighted by molar-refractivity contribution is -0.134. The second-order valence-corrected chi connectivity index (χ2v) is 6.23. The Morgan fingerprint density at radius 2 is 2.29 bits per heavy atom. The van der Waals surface area contributed by atoms with E-state index < -0.39 is 0 Å². The van der Waals surface area contributed by atoms with Crippen LogP contribution in [0.2, 0.25) is 0 Å². The summed E-state index contributed by atoms with van der Waals surface area (Å²) in [5.41, 5.74) is 1.86. The number of ether oxygens (including phenoxy) is 1. The molecular weight excluding hydrogens is 310 g/mol. The molecule has 0 fully saturated rings. The standard InChI is InChI=1S/C16H23N5O3/c1-19(2)16(22)11-23-10-13-12-8-21(6-4-14(12)24-18-13)9-15-17-5-7-20(15)3/h5,7H,4,6,8-11H2,1-3H3. The lowest BCUT2D eigenvalue weighted by Crippen LogP contribution is -2.31. The summed E-state index contributed by atoms with van der Waals surface area (Å²) in [7, 11) is 5.41. The average molecular weight is 333 g/mol. The minimum atomic E-state index is -0.0660. The maximum Gasteiger partial charge on any atom is 0.248 e. The molecule has 8 nitrogen and oxygen atoms in total. The van der Waals surface area contributed by atoms with Crippen molar-refractivity contribution in [1.82, 2.24) is 24.5 Å². The first-order valence-electron chi connectivity index (χ1n) is 7.97. The van der Waals surface area contributed by atoms with Crippen molar-refractivity contribution in [2.24, 2.45) is 7.05 Å². The van der Waals surface area contributed by atoms with E-state index in [1.54, 1.807) is 14.1 Å². The van der Waals surface area contributed by atoms with Crippen molar-refractivity contribution in [2.75, 3.05) is 27.2 Å². The van der Waals surface area contributed by atoms with Gasteiger partial charge < -0.3 is 18.7 Å². The van der Waals surface area contributed by atoms with E-state index in [1.807, 2.05) is 24.0 Å². The van der Waals surface area contributed by atoms with E-state index in [2.05, 4.69) is 15.0 Å². The van der Waals surface area contributed by atoms with Gasteiger partial charge in [0.25, 0.3) is 0 Å². The van der Waals surface area contributed by atoms with E-state index in [0.717, 1.165) is 48.9 Å². The molecule has 0 saturated heterocycles. The number of carbonyl (C=O) groups is 1. The van der Waals surface area contributed by atoms with Crippen LogP contribution >= 0.6 is 0 Å². The first kappa shape index (κ1) is 16.7. The van der Waals surface area contributed by atoms with Crippen LogP contribution in [0.15, 0.2) is 16.9 Å². The van der Waals surface area contributed by atoms with Gasteiger partial charge >= 0.3 is 0 Å². The van der Waals surface area contributed by atoms with E-state index in [0.29, 0.717) is 0 Å². The van der Waals surface area contributed by atoms with Crippen molar-refractivity contribution in [3.63, 3.8) is 0 Å². The van der Waals surface area contributed by atoms with Crippen LogP contribution in [-0.4, -0.2) is 57.7 Å². The molecule has 1 amide bonds. The normalized spacial score (nSPS) is 14.6. The molecule has 8 heteroatoms. The lowest BCUT2D eigenvalue weighted by atomic mass is 10.1. The van der Waals surface area contributed by atoms with Crippen LogP contribution in [0.5, 0.6) is 0 Å². The minimum absolute atomic E-state index is 0.0472. The molecular formula is C16H23N5O3. The zero-order chi connectivity index (χ0) is 17.1. The predicted molar refractivity (Wildman–Crippen MR) is 85.9 cm³/mol. The number of carbonyl (C=O) groups excluding carboxylic acids is 1. The monoisotopic (exact) mass is 333 g/mol. The SMILES string of the molecule is CN(C)C(=O)COCc1noc2c1CN(Cc1nccn1C)CC2. The first-order valence-corrected chi connectivity index (χ1v) is 7.97. The number of hydrogen-bond donors (Lipinski definition) is 0. The van der Waals surface area contributed by atoms with E-state index >= 15 is 0 Å². The molecule has 0 N–H and O–H groups in total. The number of imidazole rings is 1. The fourth-order valence-electron chi connectivity index (χ4n) is 2.68. The molecule has 0 aliphatic carbocycles. The van der Waals surface area contributed by atoms with Crippen LogP contribution in [0.4, 0.5) is 0 Å². The summed E-state index contributed by atoms with van der Waals surface area (Å²) in [6, 6.07) is 0. The maximum absolute atomic E-state index is 11.6. The van der Waals surface area contributed by atoms with Gasteiger partial charge in [-0.3, -0.25) is 9.69 Å². The van der Waals surface area contributed by atoms with Crippen LogP contribution < -0.4 is 0 Å². The highest BCUT2D eigenvalue weighted by Gasteiger charge is 2.25. The third-order valence-electron chi connectivity index (χ3n) is 4.24. The molecule has 130 valence electrons. The molecule has 0 spiro atoms. The Kier molecular flexibility index (Phi) is 4.96. The highest BCUT2D eigenvalue weighted by atomic mass is 16.5. The molecule has 3 heterocycles. The second-order valence-electron chi connectivity index (χ2n) is 6.23. The molecule has 0 radical (unpaired) electrons. The number of hydrogen-bond acceptors (Lipinski definition) is 6. The quantitative estimate of drug-likeness (QED) is 0.769. The van der Waals surface area contributed by atoms with Gasteiger partial charge in [0, 0.05) is 58.6 Å². The Morgan fingerprint density at radius 3 is 3.00 bits per heavy atom. The Hall–Kier alpha value is -2.19. The Balaban J connectivity index is 1.60. The number of rotatable bonds is 6. The van der Waals surface area contributed by atoms with E-state index in [4.69, 9.17) is 9.26 Å². The Bertz CT molecular complexity index is 706. The summed E-state index contributed by atoms with van der Waals surface area (Å²) in [6.45, 7) is 2.79. The third kappa shape index (κ3) is 3.65. The number of likely N-dealkylation sites (N-methyl/N-ethyl adjacent to an activating group) is 1. The smallest absolute Gasteiger partial charge is 0.248 e. The molecule has 2 aromatic rings. The number of nitrogens with zero attached hydrogens (tertiary/aromatic N) is 5. The van der Waals surface area contributed by atoms with Gasteiger partial charge in [0.15, 0.2) is 0 Å². The number of amides is 1. The summed E-state index contributed by atoms with van der Waals surface area (Å²) in [5.74, 6) is 1.89. The first-order chi connectivity index (χ1) is 11.5. The minimum Gasteiger partial charge on any atom is -0.365 e. The summed E-state index contributed by atoms with van der Waals surface area (Å²) < 4.78 is 12.9. The zero-order valence-corrected chi connectivity index (χ0v) is 14.4. The molecule has 24 heavy (non-hydrogen) atoms. The van der Waals surface area contributed by atoms with Gasteiger partial charge in [0.2, 0.25) is 5.91 Å². The molecule has 0 bridgehead atoms. The number of aromatic nitrogens is 3. The average Bonchev–Trinajstić information content (AvgIpc) is 3.14. The van der Waals surface area contributed by atoms with Gasteiger partial charge in [-0.1, -0.05) is 5.16 Å². The van der Waals surface area contributed by atoms with Crippen molar-refractivity contribution >= 4 is 5.91 Å².